The van der Waals surface area contributed by atoms with Crippen LogP contribution in [-0.2, 0) is 14.8 Å². The van der Waals surface area contributed by atoms with E-state index in [1.54, 1.807) is 30.5 Å². The van der Waals surface area contributed by atoms with Crippen molar-refractivity contribution < 1.29 is 18.1 Å². The molecule has 0 saturated carbocycles. The highest BCUT2D eigenvalue weighted by molar-refractivity contribution is 7.89. The minimum Gasteiger partial charge on any atom is -0.325 e. The zero-order valence-electron chi connectivity index (χ0n) is 18.0. The van der Waals surface area contributed by atoms with E-state index in [4.69, 9.17) is 0 Å². The smallest absolute Gasteiger partial charge is 0.295 e. The Labute approximate surface area is 188 Å². The fraction of sp³-hybridized carbons (Fsp3) is 0.250. The van der Waals surface area contributed by atoms with Gasteiger partial charge in [0.2, 0.25) is 10.0 Å². The molecule has 1 aliphatic heterocycles. The second-order valence-electron chi connectivity index (χ2n) is 8.01. The quantitative estimate of drug-likeness (QED) is 0.436. The van der Waals surface area contributed by atoms with Gasteiger partial charge in [-0.25, -0.2) is 13.8 Å². The van der Waals surface area contributed by atoms with Gasteiger partial charge >= 0.3 is 0 Å². The van der Waals surface area contributed by atoms with Gasteiger partial charge in [-0.3, -0.25) is 4.79 Å². The van der Waals surface area contributed by atoms with Crippen molar-refractivity contribution in [2.75, 3.05) is 32.7 Å². The Morgan fingerprint density at radius 3 is 2.47 bits per heavy atom. The minimum atomic E-state index is -3.50. The summed E-state index contributed by atoms with van der Waals surface area (Å²) >= 11 is 0. The summed E-state index contributed by atoms with van der Waals surface area (Å²) in [6, 6.07) is 20.9. The first-order valence-corrected chi connectivity index (χ1v) is 12.1. The second-order valence-corrected chi connectivity index (χ2v) is 9.94. The van der Waals surface area contributed by atoms with E-state index in [0.29, 0.717) is 31.1 Å². The summed E-state index contributed by atoms with van der Waals surface area (Å²) in [7, 11) is -3.50. The highest BCUT2D eigenvalue weighted by Gasteiger charge is 2.31. The van der Waals surface area contributed by atoms with Gasteiger partial charge in [-0.2, -0.15) is 9.41 Å². The molecule has 0 bridgehead atoms. The van der Waals surface area contributed by atoms with E-state index in [1.807, 2.05) is 49.4 Å². The number of nitrogens with zero attached hydrogens (tertiary/aromatic N) is 2. The van der Waals surface area contributed by atoms with Crippen LogP contribution in [0.2, 0.25) is 0 Å². The number of quaternary nitrogens is 1. The summed E-state index contributed by atoms with van der Waals surface area (Å²) in [6.45, 7) is 4.11. The van der Waals surface area contributed by atoms with Crippen LogP contribution in [0, 0.1) is 6.92 Å². The largest absolute Gasteiger partial charge is 0.325 e. The molecule has 1 saturated heterocycles. The fourth-order valence-electron chi connectivity index (χ4n) is 3.88. The molecular formula is C24H27N4O3S+. The van der Waals surface area contributed by atoms with Crippen LogP contribution in [0.4, 0.5) is 0 Å². The molecule has 0 aromatic heterocycles. The van der Waals surface area contributed by atoms with Gasteiger partial charge < -0.3 is 4.90 Å². The number of hydrogen-bond acceptors (Lipinski definition) is 4. The normalized spacial score (nSPS) is 15.9. The topological polar surface area (TPSA) is 83.3 Å². The number of benzene rings is 3. The highest BCUT2D eigenvalue weighted by Crippen LogP contribution is 2.17. The third kappa shape index (κ3) is 5.04. The molecular weight excluding hydrogens is 424 g/mol. The Hall–Kier alpha value is -3.07. The van der Waals surface area contributed by atoms with Gasteiger partial charge in [0, 0.05) is 5.56 Å². The Morgan fingerprint density at radius 2 is 1.72 bits per heavy atom. The summed E-state index contributed by atoms with van der Waals surface area (Å²) in [5.41, 5.74) is 4.55. The number of piperazine rings is 1. The van der Waals surface area contributed by atoms with Gasteiger partial charge in [0.05, 0.1) is 37.3 Å². The molecule has 0 unspecified atom stereocenters. The van der Waals surface area contributed by atoms with Crippen LogP contribution in [-0.4, -0.2) is 57.6 Å². The van der Waals surface area contributed by atoms with Crippen molar-refractivity contribution in [2.24, 2.45) is 5.10 Å². The maximum absolute atomic E-state index is 12.8. The lowest BCUT2D eigenvalue weighted by molar-refractivity contribution is -0.895. The van der Waals surface area contributed by atoms with E-state index in [-0.39, 0.29) is 12.5 Å². The van der Waals surface area contributed by atoms with Crippen molar-refractivity contribution >= 4 is 32.9 Å². The molecule has 166 valence electrons. The van der Waals surface area contributed by atoms with Crippen LogP contribution >= 0.6 is 0 Å². The zero-order chi connectivity index (χ0) is 22.6. The van der Waals surface area contributed by atoms with Gasteiger partial charge in [0.15, 0.2) is 6.54 Å². The highest BCUT2D eigenvalue weighted by atomic mass is 32.2. The summed E-state index contributed by atoms with van der Waals surface area (Å²) in [5, 5.41) is 6.30. The molecule has 3 aromatic rings. The molecule has 2 N–H and O–H groups in total. The van der Waals surface area contributed by atoms with Crippen LogP contribution in [0.5, 0.6) is 0 Å². The number of sulfonamides is 1. The predicted octanol–water partition coefficient (Wildman–Crippen LogP) is 1.19. The number of carbonyl (C=O) groups excluding carboxylic acids is 1. The Balaban J connectivity index is 1.29. The van der Waals surface area contributed by atoms with Crippen molar-refractivity contribution in [3.05, 3.63) is 77.9 Å². The van der Waals surface area contributed by atoms with Gasteiger partial charge in [0.1, 0.15) is 0 Å². The maximum Gasteiger partial charge on any atom is 0.295 e. The number of nitrogens with one attached hydrogen (secondary N) is 2. The van der Waals surface area contributed by atoms with Crippen LogP contribution in [0.15, 0.2) is 76.7 Å². The van der Waals surface area contributed by atoms with E-state index in [9.17, 15) is 13.2 Å². The van der Waals surface area contributed by atoms with Crippen LogP contribution in [0.3, 0.4) is 0 Å². The fourth-order valence-corrected chi connectivity index (χ4v) is 5.32. The van der Waals surface area contributed by atoms with Crippen molar-refractivity contribution in [1.82, 2.24) is 9.73 Å². The van der Waals surface area contributed by atoms with Crippen molar-refractivity contribution in [3.63, 3.8) is 0 Å². The average Bonchev–Trinajstić information content (AvgIpc) is 2.80. The predicted molar refractivity (Wildman–Crippen MR) is 125 cm³/mol. The summed E-state index contributed by atoms with van der Waals surface area (Å²) in [4.78, 5) is 13.7. The summed E-state index contributed by atoms with van der Waals surface area (Å²) < 4.78 is 27.1. The van der Waals surface area contributed by atoms with E-state index >= 15 is 0 Å². The lowest BCUT2D eigenvalue weighted by atomic mass is 10.1. The van der Waals surface area contributed by atoms with Crippen molar-refractivity contribution in [3.8, 4) is 0 Å². The first kappa shape index (κ1) is 22.1. The summed E-state index contributed by atoms with van der Waals surface area (Å²) in [5.74, 6) is -0.189. The molecule has 4 rings (SSSR count). The first-order chi connectivity index (χ1) is 15.4. The minimum absolute atomic E-state index is 0.189. The molecule has 7 nitrogen and oxygen atoms in total. The number of rotatable bonds is 6. The van der Waals surface area contributed by atoms with E-state index in [2.05, 4.69) is 10.5 Å². The van der Waals surface area contributed by atoms with Crippen molar-refractivity contribution in [2.45, 2.75) is 11.8 Å². The number of aryl methyl sites for hydroxylation is 1. The molecule has 32 heavy (non-hydrogen) atoms. The maximum atomic E-state index is 12.8. The number of hydrogen-bond donors (Lipinski definition) is 2. The third-order valence-electron chi connectivity index (χ3n) is 5.72. The van der Waals surface area contributed by atoms with E-state index in [0.717, 1.165) is 26.8 Å². The molecule has 0 atom stereocenters. The lowest BCUT2D eigenvalue weighted by Crippen LogP contribution is -3.15. The molecule has 1 fully saturated rings. The summed E-state index contributed by atoms with van der Waals surface area (Å²) in [6.07, 6.45) is 1.65. The van der Waals surface area contributed by atoms with Gasteiger partial charge in [-0.05, 0) is 29.8 Å². The molecule has 0 spiro atoms. The Morgan fingerprint density at radius 1 is 1.03 bits per heavy atom. The van der Waals surface area contributed by atoms with Gasteiger partial charge in [-0.1, -0.05) is 60.2 Å². The molecule has 1 heterocycles. The third-order valence-corrected chi connectivity index (χ3v) is 7.63. The van der Waals surface area contributed by atoms with Gasteiger partial charge in [-0.15, -0.1) is 0 Å². The van der Waals surface area contributed by atoms with Crippen LogP contribution in [0.1, 0.15) is 11.1 Å². The number of hydrazone groups is 1. The first-order valence-electron chi connectivity index (χ1n) is 10.6. The number of fused-ring (bicyclic) bond motifs is 1. The molecule has 0 radical (unpaired) electrons. The van der Waals surface area contributed by atoms with Crippen molar-refractivity contribution in [1.29, 1.82) is 0 Å². The lowest BCUT2D eigenvalue weighted by Gasteiger charge is -2.31. The molecule has 1 amide bonds. The Kier molecular flexibility index (Phi) is 6.64. The Bertz CT molecular complexity index is 1230. The average molecular weight is 452 g/mol. The molecule has 1 aliphatic rings. The molecule has 8 heteroatoms. The van der Waals surface area contributed by atoms with E-state index in [1.165, 1.54) is 4.31 Å². The number of carbonyl (C=O) groups is 1. The number of amides is 1. The monoisotopic (exact) mass is 451 g/mol. The van der Waals surface area contributed by atoms with Crippen LogP contribution < -0.4 is 10.3 Å². The standard InChI is InChI=1S/C24H26N4O3S/c1-19-9-11-22(12-10-19)32(30,31)28-15-13-27(14-16-28)18-24(29)26-25-17-21-7-4-6-20-5-2-3-8-23(20)21/h2-12,17H,13-16,18H2,1H3,(H,26,29)/p+1/b25-17+. The zero-order valence-corrected chi connectivity index (χ0v) is 18.8. The second kappa shape index (κ2) is 9.60. The SMILES string of the molecule is Cc1ccc(S(=O)(=O)N2CC[NH+](CC(=O)N/N=C/c3cccc4ccccc34)CC2)cc1. The van der Waals surface area contributed by atoms with Crippen LogP contribution in [0.25, 0.3) is 10.8 Å². The molecule has 3 aromatic carbocycles. The van der Waals surface area contributed by atoms with E-state index < -0.39 is 10.0 Å². The van der Waals surface area contributed by atoms with Gasteiger partial charge in [0.25, 0.3) is 5.91 Å². The molecule has 0 aliphatic carbocycles.